The summed E-state index contributed by atoms with van der Waals surface area (Å²) in [5.74, 6) is 1.03. The first-order valence-electron chi connectivity index (χ1n) is 7.13. The van der Waals surface area contributed by atoms with E-state index in [1.807, 2.05) is 19.1 Å². The van der Waals surface area contributed by atoms with Crippen LogP contribution >= 0.6 is 0 Å². The topological polar surface area (TPSA) is 103 Å². The minimum atomic E-state index is -0.575. The van der Waals surface area contributed by atoms with Crippen molar-refractivity contribution in [1.29, 1.82) is 0 Å². The van der Waals surface area contributed by atoms with E-state index >= 15 is 0 Å². The molecule has 3 aromatic rings. The highest BCUT2D eigenvalue weighted by molar-refractivity contribution is 5.61. The van der Waals surface area contributed by atoms with Crippen LogP contribution in [0.4, 0.5) is 11.5 Å². The summed E-state index contributed by atoms with van der Waals surface area (Å²) in [6, 6.07) is 10.6. The third-order valence-electron chi connectivity index (χ3n) is 3.22. The van der Waals surface area contributed by atoms with E-state index in [2.05, 4.69) is 15.3 Å². The van der Waals surface area contributed by atoms with Gasteiger partial charge in [-0.15, -0.1) is 0 Å². The Morgan fingerprint density at radius 3 is 2.71 bits per heavy atom. The van der Waals surface area contributed by atoms with E-state index in [0.29, 0.717) is 11.5 Å². The fourth-order valence-electron chi connectivity index (χ4n) is 2.03. The van der Waals surface area contributed by atoms with E-state index in [-0.39, 0.29) is 23.9 Å². The summed E-state index contributed by atoms with van der Waals surface area (Å²) in [4.78, 5) is 18.7. The van der Waals surface area contributed by atoms with Crippen molar-refractivity contribution in [3.8, 4) is 11.6 Å². The van der Waals surface area contributed by atoms with Crippen LogP contribution in [0.3, 0.4) is 0 Å². The lowest BCUT2D eigenvalue weighted by Crippen LogP contribution is -2.06. The summed E-state index contributed by atoms with van der Waals surface area (Å²) < 4.78 is 10.7. The van der Waals surface area contributed by atoms with Crippen LogP contribution < -0.4 is 10.1 Å². The van der Waals surface area contributed by atoms with Crippen LogP contribution in [0.5, 0.6) is 11.6 Å². The molecule has 0 saturated carbocycles. The van der Waals surface area contributed by atoms with Crippen molar-refractivity contribution in [1.82, 2.24) is 9.97 Å². The maximum Gasteiger partial charge on any atom is 0.373 e. The molecular formula is C16H14N4O4. The average molecular weight is 326 g/mol. The van der Waals surface area contributed by atoms with Crippen molar-refractivity contribution in [3.63, 3.8) is 0 Å². The molecule has 0 unspecified atom stereocenters. The molecule has 2 heterocycles. The van der Waals surface area contributed by atoms with Crippen molar-refractivity contribution in [3.05, 3.63) is 70.4 Å². The molecule has 8 heteroatoms. The minimum absolute atomic E-state index is 0.0634. The van der Waals surface area contributed by atoms with E-state index in [1.54, 1.807) is 24.3 Å². The first kappa shape index (κ1) is 15.5. The zero-order chi connectivity index (χ0) is 16.9. The summed E-state index contributed by atoms with van der Waals surface area (Å²) in [6.07, 6.45) is 2.73. The van der Waals surface area contributed by atoms with Crippen molar-refractivity contribution in [2.45, 2.75) is 13.5 Å². The number of aromatic nitrogens is 2. The maximum atomic E-state index is 11.4. The highest BCUT2D eigenvalue weighted by Gasteiger charge is 2.25. The fourth-order valence-corrected chi connectivity index (χ4v) is 2.03. The second-order valence-corrected chi connectivity index (χ2v) is 4.98. The monoisotopic (exact) mass is 326 g/mol. The van der Waals surface area contributed by atoms with E-state index < -0.39 is 4.92 Å². The fraction of sp³-hybridized carbons (Fsp3) is 0.125. The second-order valence-electron chi connectivity index (χ2n) is 4.98. The van der Waals surface area contributed by atoms with Crippen LogP contribution in [0.2, 0.25) is 0 Å². The Kier molecular flexibility index (Phi) is 4.37. The Morgan fingerprint density at radius 1 is 1.25 bits per heavy atom. The van der Waals surface area contributed by atoms with Crippen LogP contribution in [0.15, 0.2) is 53.4 Å². The number of hydrogen-bond acceptors (Lipinski definition) is 7. The molecule has 0 aliphatic heterocycles. The molecule has 24 heavy (non-hydrogen) atoms. The van der Waals surface area contributed by atoms with Crippen LogP contribution in [0.25, 0.3) is 0 Å². The summed E-state index contributed by atoms with van der Waals surface area (Å²) in [5.41, 5.74) is 0.727. The van der Waals surface area contributed by atoms with Crippen molar-refractivity contribution < 1.29 is 14.1 Å². The number of aryl methyl sites for hydroxylation is 1. The molecule has 8 nitrogen and oxygen atoms in total. The summed E-state index contributed by atoms with van der Waals surface area (Å²) >= 11 is 0. The molecular weight excluding hydrogens is 312 g/mol. The highest BCUT2D eigenvalue weighted by atomic mass is 16.6. The van der Waals surface area contributed by atoms with Gasteiger partial charge in [-0.1, -0.05) is 17.7 Å². The number of nitrogens with one attached hydrogen (secondary N) is 1. The molecule has 0 amide bonds. The quantitative estimate of drug-likeness (QED) is 0.544. The molecule has 1 N–H and O–H groups in total. The summed E-state index contributed by atoms with van der Waals surface area (Å²) in [7, 11) is 0. The van der Waals surface area contributed by atoms with Crippen LogP contribution in [0.1, 0.15) is 11.3 Å². The predicted octanol–water partition coefficient (Wildman–Crippen LogP) is 3.69. The van der Waals surface area contributed by atoms with Crippen molar-refractivity contribution in [2.24, 2.45) is 0 Å². The Bertz CT molecular complexity index is 832. The number of nitro groups is 1. The molecule has 1 aromatic carbocycles. The standard InChI is InChI=1S/C16H14N4O4/c1-11-4-6-12(7-5-11)24-16-14(20(21)22)15(18-10-19-16)17-9-13-3-2-8-23-13/h2-8,10H,9H2,1H3,(H,17,18,19). The molecule has 0 saturated heterocycles. The van der Waals surface area contributed by atoms with Gasteiger partial charge in [0.1, 0.15) is 17.8 Å². The molecule has 122 valence electrons. The number of rotatable bonds is 6. The van der Waals surface area contributed by atoms with Gasteiger partial charge in [0, 0.05) is 0 Å². The van der Waals surface area contributed by atoms with Gasteiger partial charge in [-0.25, -0.2) is 4.98 Å². The number of hydrogen-bond donors (Lipinski definition) is 1. The molecule has 3 rings (SSSR count). The highest BCUT2D eigenvalue weighted by Crippen LogP contribution is 2.34. The molecule has 0 radical (unpaired) electrons. The van der Waals surface area contributed by atoms with Gasteiger partial charge in [-0.2, -0.15) is 4.98 Å². The number of nitrogens with zero attached hydrogens (tertiary/aromatic N) is 3. The van der Waals surface area contributed by atoms with Gasteiger partial charge in [0.05, 0.1) is 17.7 Å². The van der Waals surface area contributed by atoms with Gasteiger partial charge >= 0.3 is 11.6 Å². The summed E-state index contributed by atoms with van der Waals surface area (Å²) in [6.45, 7) is 2.20. The first-order valence-corrected chi connectivity index (χ1v) is 7.13. The zero-order valence-electron chi connectivity index (χ0n) is 12.8. The van der Waals surface area contributed by atoms with Gasteiger partial charge < -0.3 is 14.5 Å². The third kappa shape index (κ3) is 3.49. The van der Waals surface area contributed by atoms with E-state index in [1.165, 1.54) is 12.6 Å². The van der Waals surface area contributed by atoms with Crippen LogP contribution in [-0.4, -0.2) is 14.9 Å². The van der Waals surface area contributed by atoms with Gasteiger partial charge in [0.15, 0.2) is 0 Å². The lowest BCUT2D eigenvalue weighted by atomic mass is 10.2. The van der Waals surface area contributed by atoms with Crippen LogP contribution in [0, 0.1) is 17.0 Å². The first-order chi connectivity index (χ1) is 11.6. The molecule has 0 atom stereocenters. The van der Waals surface area contributed by atoms with Gasteiger partial charge in [0.2, 0.25) is 5.82 Å². The van der Waals surface area contributed by atoms with Gasteiger partial charge in [-0.3, -0.25) is 10.1 Å². The van der Waals surface area contributed by atoms with Crippen LogP contribution in [-0.2, 0) is 6.54 Å². The van der Waals surface area contributed by atoms with E-state index in [4.69, 9.17) is 9.15 Å². The van der Waals surface area contributed by atoms with Crippen molar-refractivity contribution in [2.75, 3.05) is 5.32 Å². The average Bonchev–Trinajstić information content (AvgIpc) is 3.08. The van der Waals surface area contributed by atoms with Gasteiger partial charge in [-0.05, 0) is 31.2 Å². The largest absolute Gasteiger partial charge is 0.467 e. The molecule has 0 aliphatic carbocycles. The van der Waals surface area contributed by atoms with E-state index in [9.17, 15) is 10.1 Å². The SMILES string of the molecule is Cc1ccc(Oc2ncnc(NCc3ccco3)c2[N+](=O)[O-])cc1. The normalized spacial score (nSPS) is 10.4. The molecule has 0 spiro atoms. The van der Waals surface area contributed by atoms with E-state index in [0.717, 1.165) is 5.56 Å². The maximum absolute atomic E-state index is 11.4. The summed E-state index contributed by atoms with van der Waals surface area (Å²) in [5, 5.41) is 14.3. The smallest absolute Gasteiger partial charge is 0.373 e. The minimum Gasteiger partial charge on any atom is -0.467 e. The Hall–Kier alpha value is -3.42. The molecule has 0 bridgehead atoms. The Morgan fingerprint density at radius 2 is 2.04 bits per heavy atom. The third-order valence-corrected chi connectivity index (χ3v) is 3.22. The lowest BCUT2D eigenvalue weighted by Gasteiger charge is -2.08. The molecule has 0 aliphatic rings. The van der Waals surface area contributed by atoms with Gasteiger partial charge in [0.25, 0.3) is 0 Å². The Balaban J connectivity index is 1.87. The predicted molar refractivity (Wildman–Crippen MR) is 86.0 cm³/mol. The number of ether oxygens (including phenoxy) is 1. The Labute approximate surface area is 137 Å². The number of benzene rings is 1. The zero-order valence-corrected chi connectivity index (χ0v) is 12.8. The number of anilines is 1. The molecule has 0 fully saturated rings. The lowest BCUT2D eigenvalue weighted by molar-refractivity contribution is -0.385. The molecule has 2 aromatic heterocycles. The second kappa shape index (κ2) is 6.78. The van der Waals surface area contributed by atoms with Crippen molar-refractivity contribution >= 4 is 11.5 Å². The number of furan rings is 1.